The molecule has 4 saturated carbocycles. The van der Waals surface area contributed by atoms with E-state index in [1.54, 1.807) is 12.1 Å². The summed E-state index contributed by atoms with van der Waals surface area (Å²) < 4.78 is 5.20. The molecule has 1 aromatic carbocycles. The van der Waals surface area contributed by atoms with E-state index in [0.29, 0.717) is 29.9 Å². The van der Waals surface area contributed by atoms with Crippen LogP contribution in [0.4, 0.5) is 5.69 Å². The van der Waals surface area contributed by atoms with Gasteiger partial charge in [-0.1, -0.05) is 0 Å². The number of ether oxygens (including phenoxy) is 1. The number of carbonyl (C=O) groups excluding carboxylic acids is 2. The van der Waals surface area contributed by atoms with Gasteiger partial charge in [0.05, 0.1) is 11.3 Å². The summed E-state index contributed by atoms with van der Waals surface area (Å²) in [7, 11) is 0. The molecule has 0 aliphatic heterocycles. The van der Waals surface area contributed by atoms with Crippen LogP contribution in [0.3, 0.4) is 0 Å². The zero-order valence-corrected chi connectivity index (χ0v) is 15.9. The Balaban J connectivity index is 1.20. The normalized spacial score (nSPS) is 30.1. The van der Waals surface area contributed by atoms with Crippen molar-refractivity contribution in [1.82, 2.24) is 5.32 Å². The Kier molecular flexibility index (Phi) is 5.08. The molecule has 0 atom stereocenters. The minimum Gasteiger partial charge on any atom is -0.461 e. The zero-order chi connectivity index (χ0) is 19.7. The number of hydrogen-bond acceptors (Lipinski definition) is 5. The van der Waals surface area contributed by atoms with Crippen LogP contribution in [-0.4, -0.2) is 23.3 Å². The molecule has 4 fully saturated rings. The van der Waals surface area contributed by atoms with E-state index in [0.717, 1.165) is 19.3 Å². The van der Waals surface area contributed by atoms with E-state index in [9.17, 15) is 19.7 Å². The molecule has 4 aliphatic carbocycles. The average molecular weight is 386 g/mol. The molecular formula is C21H26N2O5. The first-order valence-electron chi connectivity index (χ1n) is 10.1. The number of nitro groups is 1. The molecule has 0 aromatic heterocycles. The van der Waals surface area contributed by atoms with Gasteiger partial charge in [-0.25, -0.2) is 0 Å². The van der Waals surface area contributed by atoms with E-state index in [1.165, 1.54) is 31.4 Å². The van der Waals surface area contributed by atoms with Gasteiger partial charge in [-0.2, -0.15) is 0 Å². The molecule has 7 heteroatoms. The van der Waals surface area contributed by atoms with Crippen molar-refractivity contribution in [2.45, 2.75) is 51.6 Å². The van der Waals surface area contributed by atoms with Gasteiger partial charge in [0.25, 0.3) is 5.69 Å². The van der Waals surface area contributed by atoms with Crippen molar-refractivity contribution in [2.75, 3.05) is 6.54 Å². The predicted octanol–water partition coefficient (Wildman–Crippen LogP) is 3.36. The maximum atomic E-state index is 12.8. The highest BCUT2D eigenvalue weighted by molar-refractivity contribution is 5.83. The second kappa shape index (κ2) is 7.53. The molecule has 28 heavy (non-hydrogen) atoms. The van der Waals surface area contributed by atoms with Crippen molar-refractivity contribution in [3.05, 3.63) is 39.9 Å². The fraction of sp³-hybridized carbons (Fsp3) is 0.619. The molecule has 4 bridgehead atoms. The van der Waals surface area contributed by atoms with Gasteiger partial charge >= 0.3 is 5.97 Å². The van der Waals surface area contributed by atoms with Gasteiger partial charge < -0.3 is 10.1 Å². The van der Waals surface area contributed by atoms with Crippen LogP contribution >= 0.6 is 0 Å². The first-order valence-corrected chi connectivity index (χ1v) is 10.1. The SMILES string of the molecule is O=C(CCNC(=O)C12CC3CC(CC(C3)C1)C2)OCc1ccc([N+](=O)[O-])cc1. The van der Waals surface area contributed by atoms with Crippen molar-refractivity contribution in [1.29, 1.82) is 0 Å². The molecule has 4 aliphatic rings. The molecule has 0 heterocycles. The first kappa shape index (κ1) is 18.9. The second-order valence-corrected chi connectivity index (χ2v) is 8.79. The number of nitrogens with one attached hydrogen (secondary N) is 1. The zero-order valence-electron chi connectivity index (χ0n) is 15.9. The third kappa shape index (κ3) is 3.88. The van der Waals surface area contributed by atoms with Crippen LogP contribution in [0, 0.1) is 33.3 Å². The minimum atomic E-state index is -0.470. The number of rotatable bonds is 7. The van der Waals surface area contributed by atoms with Crippen molar-refractivity contribution < 1.29 is 19.2 Å². The third-order valence-electron chi connectivity index (χ3n) is 6.68. The van der Waals surface area contributed by atoms with E-state index < -0.39 is 4.92 Å². The van der Waals surface area contributed by atoms with E-state index in [-0.39, 0.29) is 36.0 Å². The van der Waals surface area contributed by atoms with Crippen molar-refractivity contribution in [3.8, 4) is 0 Å². The molecule has 1 aromatic rings. The molecular weight excluding hydrogens is 360 g/mol. The largest absolute Gasteiger partial charge is 0.461 e. The lowest BCUT2D eigenvalue weighted by atomic mass is 9.49. The van der Waals surface area contributed by atoms with Crippen LogP contribution in [0.5, 0.6) is 0 Å². The highest BCUT2D eigenvalue weighted by Gasteiger charge is 2.54. The number of nitrogens with zero attached hydrogens (tertiary/aromatic N) is 1. The Bertz CT molecular complexity index is 738. The topological polar surface area (TPSA) is 98.5 Å². The van der Waals surface area contributed by atoms with Gasteiger partial charge in [0.15, 0.2) is 0 Å². The lowest BCUT2D eigenvalue weighted by molar-refractivity contribution is -0.384. The summed E-state index contributed by atoms with van der Waals surface area (Å²) in [5, 5.41) is 13.6. The lowest BCUT2D eigenvalue weighted by Gasteiger charge is -2.55. The van der Waals surface area contributed by atoms with E-state index >= 15 is 0 Å². The van der Waals surface area contributed by atoms with Gasteiger partial charge in [0.1, 0.15) is 6.61 Å². The summed E-state index contributed by atoms with van der Waals surface area (Å²) in [5.41, 5.74) is 0.497. The van der Waals surface area contributed by atoms with Gasteiger partial charge in [-0.3, -0.25) is 19.7 Å². The van der Waals surface area contributed by atoms with Gasteiger partial charge in [-0.15, -0.1) is 0 Å². The Hall–Kier alpha value is -2.44. The third-order valence-corrected chi connectivity index (χ3v) is 6.68. The van der Waals surface area contributed by atoms with Gasteiger partial charge in [0.2, 0.25) is 5.91 Å². The summed E-state index contributed by atoms with van der Waals surface area (Å²) in [6, 6.07) is 5.91. The van der Waals surface area contributed by atoms with E-state index in [4.69, 9.17) is 4.74 Å². The number of benzene rings is 1. The van der Waals surface area contributed by atoms with Crippen molar-refractivity contribution in [3.63, 3.8) is 0 Å². The standard InChI is InChI=1S/C21H26N2O5/c24-19(28-13-14-1-3-18(4-2-14)23(26)27)5-6-22-20(25)21-10-15-7-16(11-21)9-17(8-15)12-21/h1-4,15-17H,5-13H2,(H,22,25). The highest BCUT2D eigenvalue weighted by Crippen LogP contribution is 2.60. The fourth-order valence-electron chi connectivity index (χ4n) is 5.80. The highest BCUT2D eigenvalue weighted by atomic mass is 16.6. The number of esters is 1. The Labute approximate surface area is 164 Å². The lowest BCUT2D eigenvalue weighted by Crippen LogP contribution is -2.53. The van der Waals surface area contributed by atoms with Crippen molar-refractivity contribution >= 4 is 17.6 Å². The number of non-ortho nitro benzene ring substituents is 1. The molecule has 0 unspecified atom stereocenters. The number of nitro benzene ring substituents is 1. The molecule has 0 radical (unpaired) electrons. The summed E-state index contributed by atoms with van der Waals surface area (Å²) in [5.74, 6) is 1.87. The number of hydrogen-bond donors (Lipinski definition) is 1. The van der Waals surface area contributed by atoms with Crippen LogP contribution in [-0.2, 0) is 20.9 Å². The van der Waals surface area contributed by atoms with Crippen molar-refractivity contribution in [2.24, 2.45) is 23.2 Å². The van der Waals surface area contributed by atoms with Crippen LogP contribution < -0.4 is 5.32 Å². The number of amides is 1. The molecule has 1 amide bonds. The second-order valence-electron chi connectivity index (χ2n) is 8.79. The van der Waals surface area contributed by atoms with Crippen LogP contribution in [0.25, 0.3) is 0 Å². The maximum Gasteiger partial charge on any atom is 0.307 e. The summed E-state index contributed by atoms with van der Waals surface area (Å²) >= 11 is 0. The maximum absolute atomic E-state index is 12.8. The number of carbonyl (C=O) groups is 2. The Morgan fingerprint density at radius 3 is 2.18 bits per heavy atom. The minimum absolute atomic E-state index is 0.00228. The monoisotopic (exact) mass is 386 g/mol. The summed E-state index contributed by atoms with van der Waals surface area (Å²) in [6.45, 7) is 0.361. The molecule has 7 nitrogen and oxygen atoms in total. The fourth-order valence-corrected chi connectivity index (χ4v) is 5.80. The van der Waals surface area contributed by atoms with Crippen LogP contribution in [0.1, 0.15) is 50.5 Å². The predicted molar refractivity (Wildman–Crippen MR) is 101 cm³/mol. The average Bonchev–Trinajstić information content (AvgIpc) is 2.65. The molecule has 150 valence electrons. The van der Waals surface area contributed by atoms with Crippen LogP contribution in [0.2, 0.25) is 0 Å². The van der Waals surface area contributed by atoms with Gasteiger partial charge in [-0.05, 0) is 74.0 Å². The Morgan fingerprint density at radius 1 is 1.07 bits per heavy atom. The van der Waals surface area contributed by atoms with Gasteiger partial charge in [0, 0.05) is 24.1 Å². The summed E-state index contributed by atoms with van der Waals surface area (Å²) in [6.07, 6.45) is 7.04. The molecule has 1 N–H and O–H groups in total. The molecule has 0 saturated heterocycles. The smallest absolute Gasteiger partial charge is 0.307 e. The van der Waals surface area contributed by atoms with E-state index in [1.807, 2.05) is 0 Å². The van der Waals surface area contributed by atoms with Crippen LogP contribution in [0.15, 0.2) is 24.3 Å². The first-order chi connectivity index (χ1) is 13.4. The Morgan fingerprint density at radius 2 is 1.64 bits per heavy atom. The molecule has 5 rings (SSSR count). The van der Waals surface area contributed by atoms with E-state index in [2.05, 4.69) is 5.32 Å². The quantitative estimate of drug-likeness (QED) is 0.440. The summed E-state index contributed by atoms with van der Waals surface area (Å²) in [4.78, 5) is 34.9. The molecule has 0 spiro atoms.